The molecule has 0 heterocycles. The third kappa shape index (κ3) is 8.96. The maximum Gasteiger partial charge on any atom is 0.242 e. The fourth-order valence-electron chi connectivity index (χ4n) is 3.83. The minimum Gasteiger partial charge on any atom is -0.497 e. The molecule has 0 aliphatic rings. The lowest BCUT2D eigenvalue weighted by molar-refractivity contribution is -0.140. The number of hydrogen-bond acceptors (Lipinski definition) is 6. The van der Waals surface area contributed by atoms with E-state index in [0.717, 1.165) is 18.2 Å². The van der Waals surface area contributed by atoms with Gasteiger partial charge in [-0.2, -0.15) is 0 Å². The van der Waals surface area contributed by atoms with E-state index in [9.17, 15) is 18.0 Å². The van der Waals surface area contributed by atoms with Gasteiger partial charge < -0.3 is 19.7 Å². The van der Waals surface area contributed by atoms with E-state index in [1.54, 1.807) is 50.4 Å². The Morgan fingerprint density at radius 2 is 1.73 bits per heavy atom. The zero-order valence-corrected chi connectivity index (χ0v) is 23.2. The molecule has 10 heteroatoms. The molecule has 1 unspecified atom stereocenters. The fourth-order valence-corrected chi connectivity index (χ4v) is 4.80. The molecule has 2 rings (SSSR count). The van der Waals surface area contributed by atoms with Crippen molar-refractivity contribution in [2.75, 3.05) is 37.4 Å². The lowest BCUT2D eigenvalue weighted by Crippen LogP contribution is -2.47. The SMILES string of the molecule is CCCNC(=O)C(C)N(Cc1ccc(OC)cc1)C(=O)CCCN(c1ccccc1OCC)S(C)(=O)=O. The van der Waals surface area contributed by atoms with E-state index in [2.05, 4.69) is 5.32 Å². The molecule has 2 amide bonds. The van der Waals surface area contributed by atoms with Gasteiger partial charge in [0.05, 0.1) is 25.7 Å². The number of carbonyl (C=O) groups is 2. The normalized spacial score (nSPS) is 11.9. The molecule has 0 fully saturated rings. The molecule has 0 aliphatic carbocycles. The summed E-state index contributed by atoms with van der Waals surface area (Å²) in [6.07, 6.45) is 2.27. The highest BCUT2D eigenvalue weighted by atomic mass is 32.2. The van der Waals surface area contributed by atoms with Crippen LogP contribution in [0.25, 0.3) is 0 Å². The summed E-state index contributed by atoms with van der Waals surface area (Å²) >= 11 is 0. The van der Waals surface area contributed by atoms with Gasteiger partial charge in [0.2, 0.25) is 21.8 Å². The van der Waals surface area contributed by atoms with Crippen LogP contribution in [0.5, 0.6) is 11.5 Å². The van der Waals surface area contributed by atoms with Gasteiger partial charge in [0, 0.05) is 26.1 Å². The number of amides is 2. The number of ether oxygens (including phenoxy) is 2. The van der Waals surface area contributed by atoms with Crippen LogP contribution in [-0.2, 0) is 26.2 Å². The van der Waals surface area contributed by atoms with Crippen molar-refractivity contribution in [1.29, 1.82) is 0 Å². The summed E-state index contributed by atoms with van der Waals surface area (Å²) in [5, 5.41) is 2.85. The van der Waals surface area contributed by atoms with Crippen molar-refractivity contribution >= 4 is 27.5 Å². The van der Waals surface area contributed by atoms with Crippen molar-refractivity contribution in [2.45, 2.75) is 52.6 Å². The van der Waals surface area contributed by atoms with E-state index in [-0.39, 0.29) is 37.7 Å². The van der Waals surface area contributed by atoms with Gasteiger partial charge in [0.1, 0.15) is 17.5 Å². The molecular formula is C27H39N3O6S. The lowest BCUT2D eigenvalue weighted by Gasteiger charge is -2.29. The Morgan fingerprint density at radius 1 is 1.05 bits per heavy atom. The zero-order chi connectivity index (χ0) is 27.4. The Labute approximate surface area is 220 Å². The molecule has 2 aromatic carbocycles. The smallest absolute Gasteiger partial charge is 0.242 e. The molecule has 0 saturated heterocycles. The molecule has 9 nitrogen and oxygen atoms in total. The predicted molar refractivity (Wildman–Crippen MR) is 145 cm³/mol. The number of para-hydroxylation sites is 2. The minimum absolute atomic E-state index is 0.0738. The first-order valence-corrected chi connectivity index (χ1v) is 14.4. The predicted octanol–water partition coefficient (Wildman–Crippen LogP) is 3.58. The number of rotatable bonds is 15. The highest BCUT2D eigenvalue weighted by Crippen LogP contribution is 2.30. The van der Waals surface area contributed by atoms with Gasteiger partial charge >= 0.3 is 0 Å². The number of methoxy groups -OCH3 is 1. The average molecular weight is 534 g/mol. The summed E-state index contributed by atoms with van der Waals surface area (Å²) in [7, 11) is -2.04. The van der Waals surface area contributed by atoms with Crippen molar-refractivity contribution in [3.05, 3.63) is 54.1 Å². The van der Waals surface area contributed by atoms with E-state index in [1.165, 1.54) is 9.21 Å². The number of anilines is 1. The highest BCUT2D eigenvalue weighted by molar-refractivity contribution is 7.92. The van der Waals surface area contributed by atoms with Crippen molar-refractivity contribution < 1.29 is 27.5 Å². The summed E-state index contributed by atoms with van der Waals surface area (Å²) < 4.78 is 37.3. The molecule has 0 spiro atoms. The van der Waals surface area contributed by atoms with Crippen LogP contribution in [-0.4, -0.2) is 64.2 Å². The summed E-state index contributed by atoms with van der Waals surface area (Å²) in [5.74, 6) is 0.696. The number of hydrogen-bond donors (Lipinski definition) is 1. The molecule has 37 heavy (non-hydrogen) atoms. The first-order valence-electron chi connectivity index (χ1n) is 12.5. The Balaban J connectivity index is 2.19. The largest absolute Gasteiger partial charge is 0.497 e. The second kappa shape index (κ2) is 14.5. The molecule has 2 aromatic rings. The zero-order valence-electron chi connectivity index (χ0n) is 22.4. The van der Waals surface area contributed by atoms with Crippen molar-refractivity contribution in [1.82, 2.24) is 10.2 Å². The summed E-state index contributed by atoms with van der Waals surface area (Å²) in [5.41, 5.74) is 1.29. The van der Waals surface area contributed by atoms with E-state index >= 15 is 0 Å². The first kappa shape index (κ1) is 30.0. The van der Waals surface area contributed by atoms with Crippen LogP contribution in [0.15, 0.2) is 48.5 Å². The number of nitrogens with one attached hydrogen (secondary N) is 1. The third-order valence-corrected chi connectivity index (χ3v) is 6.99. The summed E-state index contributed by atoms with van der Waals surface area (Å²) in [4.78, 5) is 27.6. The summed E-state index contributed by atoms with van der Waals surface area (Å²) in [6, 6.07) is 13.6. The monoisotopic (exact) mass is 533 g/mol. The average Bonchev–Trinajstić information content (AvgIpc) is 2.88. The molecule has 0 aliphatic heterocycles. The molecular weight excluding hydrogens is 494 g/mol. The standard InChI is InChI=1S/C27H39N3O6S/c1-6-18-28-27(32)21(3)29(20-22-14-16-23(35-4)17-15-22)26(31)13-10-19-30(37(5,33)34)24-11-8-9-12-25(24)36-7-2/h8-9,11-12,14-17,21H,6-7,10,13,18-20H2,1-5H3,(H,28,32). The topological polar surface area (TPSA) is 105 Å². The Morgan fingerprint density at radius 3 is 2.32 bits per heavy atom. The second-order valence-electron chi connectivity index (χ2n) is 8.68. The van der Waals surface area contributed by atoms with Crippen LogP contribution < -0.4 is 19.1 Å². The maximum absolute atomic E-state index is 13.4. The Kier molecular flexibility index (Phi) is 11.7. The van der Waals surface area contributed by atoms with Gasteiger partial charge in [-0.15, -0.1) is 0 Å². The molecule has 204 valence electrons. The summed E-state index contributed by atoms with van der Waals surface area (Å²) in [6.45, 7) is 6.75. The van der Waals surface area contributed by atoms with Crippen LogP contribution in [0.3, 0.4) is 0 Å². The Hall–Kier alpha value is -3.27. The van der Waals surface area contributed by atoms with Gasteiger partial charge in [-0.3, -0.25) is 13.9 Å². The Bertz CT molecular complexity index is 1120. The third-order valence-electron chi connectivity index (χ3n) is 5.81. The molecule has 0 radical (unpaired) electrons. The van der Waals surface area contributed by atoms with E-state index in [4.69, 9.17) is 9.47 Å². The first-order chi connectivity index (χ1) is 17.6. The van der Waals surface area contributed by atoms with Crippen LogP contribution in [0, 0.1) is 0 Å². The lowest BCUT2D eigenvalue weighted by atomic mass is 10.1. The number of nitrogens with zero attached hydrogens (tertiary/aromatic N) is 2. The maximum atomic E-state index is 13.4. The van der Waals surface area contributed by atoms with Gasteiger partial charge in [-0.1, -0.05) is 31.2 Å². The number of carbonyl (C=O) groups excluding carboxylic acids is 2. The second-order valence-corrected chi connectivity index (χ2v) is 10.6. The van der Waals surface area contributed by atoms with Gasteiger partial charge in [0.25, 0.3) is 0 Å². The molecule has 1 N–H and O–H groups in total. The van der Waals surface area contributed by atoms with E-state index in [1.807, 2.05) is 26.0 Å². The van der Waals surface area contributed by atoms with Crippen LogP contribution in [0.1, 0.15) is 45.6 Å². The van der Waals surface area contributed by atoms with E-state index < -0.39 is 16.1 Å². The van der Waals surface area contributed by atoms with Crippen molar-refractivity contribution in [3.63, 3.8) is 0 Å². The molecule has 0 bridgehead atoms. The van der Waals surface area contributed by atoms with Crippen LogP contribution in [0.4, 0.5) is 5.69 Å². The quantitative estimate of drug-likeness (QED) is 0.375. The van der Waals surface area contributed by atoms with Gasteiger partial charge in [0.15, 0.2) is 0 Å². The van der Waals surface area contributed by atoms with Crippen LogP contribution >= 0.6 is 0 Å². The van der Waals surface area contributed by atoms with Crippen LogP contribution in [0.2, 0.25) is 0 Å². The number of benzene rings is 2. The number of sulfonamides is 1. The minimum atomic E-state index is -3.62. The van der Waals surface area contributed by atoms with Gasteiger partial charge in [-0.25, -0.2) is 8.42 Å². The molecule has 0 aromatic heterocycles. The molecule has 1 atom stereocenters. The van der Waals surface area contributed by atoms with Crippen molar-refractivity contribution in [2.24, 2.45) is 0 Å². The van der Waals surface area contributed by atoms with Crippen molar-refractivity contribution in [3.8, 4) is 11.5 Å². The fraction of sp³-hybridized carbons (Fsp3) is 0.481. The highest BCUT2D eigenvalue weighted by Gasteiger charge is 2.27. The molecule has 0 saturated carbocycles. The van der Waals surface area contributed by atoms with Gasteiger partial charge in [-0.05, 0) is 56.5 Å². The van der Waals surface area contributed by atoms with E-state index in [0.29, 0.717) is 30.3 Å².